The van der Waals surface area contributed by atoms with Gasteiger partial charge in [0.1, 0.15) is 0 Å². The first-order valence-electron chi connectivity index (χ1n) is 26.9. The standard InChI is InChI=1S/C64H102O4/c1-48(2)26-16-27-49(3)28-17-29-50(4)30-18-31-51(5)32-19-33-52(6)34-20-35-53(7)36-21-37-54(8)38-22-39-55(9)40-23-41-56(10)42-24-43-57(11)44-25-45-58(12)46-47-60-59(13)61(65)63(67-14)64(68-15)62(60)66/h30,32,34,36,38,40,42,44,46,48-49H,16-29,31,33,35,37,39,41,43,45,47H2,1-15H3. The van der Waals surface area contributed by atoms with Crippen LogP contribution < -0.4 is 0 Å². The smallest absolute Gasteiger partial charge is 0.228 e. The van der Waals surface area contributed by atoms with E-state index in [2.05, 4.69) is 138 Å². The molecule has 0 fully saturated rings. The van der Waals surface area contributed by atoms with Crippen molar-refractivity contribution in [2.45, 2.75) is 238 Å². The molecule has 0 saturated carbocycles. The fraction of sp³-hybridized carbons (Fsp3) is 0.625. The lowest BCUT2D eigenvalue weighted by molar-refractivity contribution is -0.121. The van der Waals surface area contributed by atoms with Gasteiger partial charge in [-0.1, -0.05) is 151 Å². The monoisotopic (exact) mass is 935 g/mol. The average Bonchev–Trinajstić information content (AvgIpc) is 3.27. The Kier molecular flexibility index (Phi) is 33.8. The van der Waals surface area contributed by atoms with Gasteiger partial charge < -0.3 is 9.47 Å². The molecule has 0 saturated heterocycles. The number of allylic oxidation sites excluding steroid dienone is 20. The van der Waals surface area contributed by atoms with E-state index in [0.717, 1.165) is 95.3 Å². The molecule has 1 unspecified atom stereocenters. The Morgan fingerprint density at radius 1 is 0.397 bits per heavy atom. The third-order valence-corrected chi connectivity index (χ3v) is 13.7. The Morgan fingerprint density at radius 2 is 0.676 bits per heavy atom. The molecule has 4 nitrogen and oxygen atoms in total. The molecule has 0 aromatic carbocycles. The van der Waals surface area contributed by atoms with Crippen LogP contribution in [0, 0.1) is 11.8 Å². The first-order valence-corrected chi connectivity index (χ1v) is 26.9. The van der Waals surface area contributed by atoms with Gasteiger partial charge in [0.15, 0.2) is 0 Å². The van der Waals surface area contributed by atoms with E-state index in [9.17, 15) is 9.59 Å². The summed E-state index contributed by atoms with van der Waals surface area (Å²) >= 11 is 0. The molecule has 1 atom stereocenters. The summed E-state index contributed by atoms with van der Waals surface area (Å²) in [5.41, 5.74) is 14.2. The van der Waals surface area contributed by atoms with Gasteiger partial charge in [-0.2, -0.15) is 0 Å². The SMILES string of the molecule is COC1=C(OC)C(=O)C(CC=C(C)CCC=C(C)CCC=C(C)CCC=C(C)CCC=C(C)CCC=C(C)CCC=C(C)CCC=C(C)CCC=C(C)CCCC(C)CCCC(C)C)=C(C)C1=O. The third kappa shape index (κ3) is 29.2. The fourth-order valence-corrected chi connectivity index (χ4v) is 8.75. The minimum Gasteiger partial charge on any atom is -0.489 e. The van der Waals surface area contributed by atoms with Gasteiger partial charge in [-0.25, -0.2) is 0 Å². The second-order valence-electron chi connectivity index (χ2n) is 21.1. The Balaban J connectivity index is 2.28. The van der Waals surface area contributed by atoms with E-state index >= 15 is 0 Å². The number of Topliss-reactive ketones (excluding diaryl/α,β-unsaturated/α-hetero) is 2. The molecule has 0 amide bonds. The fourth-order valence-electron chi connectivity index (χ4n) is 8.75. The molecule has 68 heavy (non-hydrogen) atoms. The van der Waals surface area contributed by atoms with E-state index in [1.165, 1.54) is 117 Å². The van der Waals surface area contributed by atoms with Crippen LogP contribution in [-0.4, -0.2) is 25.8 Å². The Labute approximate surface area is 420 Å². The summed E-state index contributed by atoms with van der Waals surface area (Å²) < 4.78 is 10.4. The van der Waals surface area contributed by atoms with E-state index in [4.69, 9.17) is 9.47 Å². The molecular formula is C64H102O4. The van der Waals surface area contributed by atoms with Crippen molar-refractivity contribution in [3.63, 3.8) is 0 Å². The lowest BCUT2D eigenvalue weighted by Crippen LogP contribution is -2.24. The molecular weight excluding hydrogens is 833 g/mol. The maximum absolute atomic E-state index is 12.9. The summed E-state index contributed by atoms with van der Waals surface area (Å²) in [5.74, 6) is 1.15. The average molecular weight is 936 g/mol. The minimum atomic E-state index is -0.283. The van der Waals surface area contributed by atoms with Gasteiger partial charge in [-0.05, 0) is 203 Å². The molecule has 1 aliphatic rings. The number of methoxy groups -OCH3 is 2. The maximum Gasteiger partial charge on any atom is 0.228 e. The largest absolute Gasteiger partial charge is 0.489 e. The van der Waals surface area contributed by atoms with Crippen LogP contribution in [0.4, 0.5) is 0 Å². The van der Waals surface area contributed by atoms with E-state index in [0.29, 0.717) is 17.6 Å². The molecule has 0 aromatic heterocycles. The van der Waals surface area contributed by atoms with Gasteiger partial charge in [-0.15, -0.1) is 0 Å². The predicted molar refractivity (Wildman–Crippen MR) is 298 cm³/mol. The number of carbonyl (C=O) groups is 2. The Bertz CT molecular complexity index is 1890. The van der Waals surface area contributed by atoms with Crippen LogP contribution in [0.25, 0.3) is 0 Å². The highest BCUT2D eigenvalue weighted by atomic mass is 16.5. The van der Waals surface area contributed by atoms with Crippen molar-refractivity contribution in [1.29, 1.82) is 0 Å². The van der Waals surface area contributed by atoms with Crippen LogP contribution in [0.15, 0.2) is 128 Å². The highest BCUT2D eigenvalue weighted by Gasteiger charge is 2.34. The van der Waals surface area contributed by atoms with Gasteiger partial charge in [-0.3, -0.25) is 9.59 Å². The molecule has 382 valence electrons. The Hall–Kier alpha value is -3.92. The maximum atomic E-state index is 12.9. The highest BCUT2D eigenvalue weighted by Crippen LogP contribution is 2.29. The molecule has 0 heterocycles. The van der Waals surface area contributed by atoms with Crippen LogP contribution in [-0.2, 0) is 19.1 Å². The minimum absolute atomic E-state index is 0.00589. The van der Waals surface area contributed by atoms with E-state index in [1.807, 2.05) is 0 Å². The molecule has 0 radical (unpaired) electrons. The summed E-state index contributed by atoms with van der Waals surface area (Å²) in [5, 5.41) is 0. The van der Waals surface area contributed by atoms with Crippen molar-refractivity contribution in [1.82, 2.24) is 0 Å². The van der Waals surface area contributed by atoms with Gasteiger partial charge in [0.05, 0.1) is 14.2 Å². The normalized spacial score (nSPS) is 16.3. The zero-order valence-electron chi connectivity index (χ0n) is 46.7. The number of hydrogen-bond donors (Lipinski definition) is 0. The van der Waals surface area contributed by atoms with Crippen molar-refractivity contribution in [2.24, 2.45) is 11.8 Å². The zero-order valence-corrected chi connectivity index (χ0v) is 46.7. The van der Waals surface area contributed by atoms with Crippen LogP contribution in [0.1, 0.15) is 238 Å². The second kappa shape index (κ2) is 37.0. The number of hydrogen-bond acceptors (Lipinski definition) is 4. The summed E-state index contributed by atoms with van der Waals surface area (Å²) in [7, 11) is 2.78. The van der Waals surface area contributed by atoms with Crippen LogP contribution >= 0.6 is 0 Å². The van der Waals surface area contributed by atoms with Gasteiger partial charge >= 0.3 is 0 Å². The molecule has 0 aliphatic heterocycles. The quantitative estimate of drug-likeness (QED) is 0.0464. The zero-order chi connectivity index (χ0) is 50.9. The molecule has 0 spiro atoms. The molecule has 1 rings (SSSR count). The number of rotatable bonds is 36. The van der Waals surface area contributed by atoms with E-state index < -0.39 is 0 Å². The topological polar surface area (TPSA) is 52.6 Å². The molecule has 0 aromatic rings. The summed E-state index contributed by atoms with van der Waals surface area (Å²) in [6.07, 6.45) is 47.9. The van der Waals surface area contributed by atoms with Crippen molar-refractivity contribution >= 4 is 11.6 Å². The van der Waals surface area contributed by atoms with Crippen LogP contribution in [0.2, 0.25) is 0 Å². The molecule has 4 heteroatoms. The van der Waals surface area contributed by atoms with Crippen molar-refractivity contribution in [3.8, 4) is 0 Å². The summed E-state index contributed by atoms with van der Waals surface area (Å²) in [6.45, 7) is 29.2. The van der Waals surface area contributed by atoms with Crippen LogP contribution in [0.3, 0.4) is 0 Å². The molecule has 0 N–H and O–H groups in total. The van der Waals surface area contributed by atoms with Gasteiger partial charge in [0.2, 0.25) is 23.1 Å². The molecule has 1 aliphatic carbocycles. The highest BCUT2D eigenvalue weighted by molar-refractivity contribution is 6.23. The van der Waals surface area contributed by atoms with Crippen molar-refractivity contribution in [2.75, 3.05) is 14.2 Å². The number of ether oxygens (including phenoxy) is 2. The lowest BCUT2D eigenvalue weighted by atomic mass is 9.90. The Morgan fingerprint density at radius 3 is 0.985 bits per heavy atom. The number of ketones is 2. The van der Waals surface area contributed by atoms with Crippen molar-refractivity contribution < 1.29 is 19.1 Å². The first kappa shape index (κ1) is 62.1. The lowest BCUT2D eigenvalue weighted by Gasteiger charge is -2.19. The third-order valence-electron chi connectivity index (χ3n) is 13.7. The van der Waals surface area contributed by atoms with E-state index in [-0.39, 0.29) is 23.1 Å². The summed E-state index contributed by atoms with van der Waals surface area (Å²) in [4.78, 5) is 25.6. The van der Waals surface area contributed by atoms with Gasteiger partial charge in [0, 0.05) is 11.1 Å². The summed E-state index contributed by atoms with van der Waals surface area (Å²) in [6, 6.07) is 0. The second-order valence-corrected chi connectivity index (χ2v) is 21.1. The van der Waals surface area contributed by atoms with Gasteiger partial charge in [0.25, 0.3) is 0 Å². The van der Waals surface area contributed by atoms with Crippen LogP contribution in [0.5, 0.6) is 0 Å². The van der Waals surface area contributed by atoms with E-state index in [1.54, 1.807) is 12.5 Å². The number of carbonyl (C=O) groups excluding carboxylic acids is 2. The first-order chi connectivity index (χ1) is 32.4. The molecule has 0 bridgehead atoms. The van der Waals surface area contributed by atoms with Crippen molar-refractivity contribution in [3.05, 3.63) is 128 Å². The predicted octanol–water partition coefficient (Wildman–Crippen LogP) is 19.7.